The number of alkyl carbamates (subject to hydrolysis) is 1. The maximum Gasteiger partial charge on any atom is 0.416 e. The van der Waals surface area contributed by atoms with Crippen LogP contribution in [-0.4, -0.2) is 50.9 Å². The molecule has 2 amide bonds. The van der Waals surface area contributed by atoms with Crippen LogP contribution in [-0.2, 0) is 22.3 Å². The number of benzene rings is 2. The van der Waals surface area contributed by atoms with Gasteiger partial charge in [-0.2, -0.15) is 18.0 Å². The third-order valence-corrected chi connectivity index (χ3v) is 5.99. The number of para-hydroxylation sites is 1. The second kappa shape index (κ2) is 15.2. The molecule has 1 aromatic heterocycles. The summed E-state index contributed by atoms with van der Waals surface area (Å²) in [7, 11) is 0. The highest BCUT2D eigenvalue weighted by molar-refractivity contribution is 5.78. The second-order valence-electron chi connectivity index (χ2n) is 10.8. The number of alkyl halides is 3. The first-order valence-electron chi connectivity index (χ1n) is 14.0. The Morgan fingerprint density at radius 1 is 0.857 bits per heavy atom. The molecule has 3 aromatic rings. The van der Waals surface area contributed by atoms with E-state index >= 15 is 0 Å². The first kappa shape index (κ1) is 32.4. The van der Waals surface area contributed by atoms with Gasteiger partial charge in [0.1, 0.15) is 12.1 Å². The van der Waals surface area contributed by atoms with Crippen molar-refractivity contribution in [3.8, 4) is 11.4 Å². The minimum Gasteiger partial charge on any atom is -0.444 e. The summed E-state index contributed by atoms with van der Waals surface area (Å²) in [5.41, 5.74) is 0.412. The van der Waals surface area contributed by atoms with Gasteiger partial charge in [-0.25, -0.2) is 4.79 Å². The Labute approximate surface area is 243 Å². The number of unbranched alkanes of at least 4 members (excludes halogenated alkanes) is 5. The summed E-state index contributed by atoms with van der Waals surface area (Å²) < 4.78 is 43.8. The van der Waals surface area contributed by atoms with Crippen LogP contribution in [0.3, 0.4) is 0 Å². The molecule has 13 heteroatoms. The first-order chi connectivity index (χ1) is 19.9. The van der Waals surface area contributed by atoms with Crippen molar-refractivity contribution in [1.29, 1.82) is 0 Å². The van der Waals surface area contributed by atoms with Gasteiger partial charge in [0, 0.05) is 30.0 Å². The lowest BCUT2D eigenvalue weighted by Crippen LogP contribution is -2.32. The normalized spacial score (nSPS) is 11.7. The molecule has 0 unspecified atom stereocenters. The highest BCUT2D eigenvalue weighted by Crippen LogP contribution is 2.32. The van der Waals surface area contributed by atoms with E-state index < -0.39 is 23.4 Å². The van der Waals surface area contributed by atoms with Crippen molar-refractivity contribution in [3.05, 3.63) is 54.1 Å². The van der Waals surface area contributed by atoms with E-state index in [0.717, 1.165) is 50.7 Å². The van der Waals surface area contributed by atoms with Crippen LogP contribution in [0.1, 0.15) is 64.9 Å². The van der Waals surface area contributed by atoms with Gasteiger partial charge in [0.25, 0.3) is 0 Å². The number of amides is 2. The molecular formula is C29H38F3N7O3. The maximum atomic E-state index is 12.9. The van der Waals surface area contributed by atoms with E-state index in [9.17, 15) is 22.8 Å². The van der Waals surface area contributed by atoms with Gasteiger partial charge in [-0.1, -0.05) is 37.8 Å². The van der Waals surface area contributed by atoms with E-state index in [1.165, 1.54) is 16.9 Å². The van der Waals surface area contributed by atoms with Crippen molar-refractivity contribution in [2.45, 2.75) is 77.6 Å². The molecular weight excluding hydrogens is 551 g/mol. The molecule has 0 aliphatic rings. The van der Waals surface area contributed by atoms with Gasteiger partial charge in [-0.3, -0.25) is 4.79 Å². The van der Waals surface area contributed by atoms with Gasteiger partial charge < -0.3 is 20.7 Å². The van der Waals surface area contributed by atoms with Gasteiger partial charge in [0.2, 0.25) is 11.7 Å². The number of hydrogen-bond acceptors (Lipinski definition) is 7. The van der Waals surface area contributed by atoms with Gasteiger partial charge >= 0.3 is 12.3 Å². The average molecular weight is 590 g/mol. The molecule has 0 saturated carbocycles. The van der Waals surface area contributed by atoms with Crippen LogP contribution < -0.4 is 16.0 Å². The number of tetrazole rings is 1. The Hall–Kier alpha value is -4.16. The SMILES string of the molecule is CC(C)(C)OC(=O)NCCCCCCCCNC(=O)Cn1nnc(-c2ccccc2Nc2ccc(C(F)(F)F)cc2)n1. The molecule has 10 nitrogen and oxygen atoms in total. The number of hydrogen-bond donors (Lipinski definition) is 3. The summed E-state index contributed by atoms with van der Waals surface area (Å²) in [5, 5.41) is 21.0. The molecule has 0 bridgehead atoms. The van der Waals surface area contributed by atoms with Crippen molar-refractivity contribution in [2.75, 3.05) is 18.4 Å². The summed E-state index contributed by atoms with van der Waals surface area (Å²) in [6, 6.07) is 11.8. The quantitative estimate of drug-likeness (QED) is 0.195. The Bertz CT molecular complexity index is 1290. The number of nitrogens with one attached hydrogen (secondary N) is 3. The molecule has 0 atom stereocenters. The molecule has 3 rings (SSSR count). The number of rotatable bonds is 14. The predicted octanol–water partition coefficient (Wildman–Crippen LogP) is 6.08. The minimum absolute atomic E-state index is 0.0911. The Morgan fingerprint density at radius 3 is 2.12 bits per heavy atom. The molecule has 2 aromatic carbocycles. The fourth-order valence-corrected chi connectivity index (χ4v) is 3.98. The van der Waals surface area contributed by atoms with E-state index in [1.807, 2.05) is 20.8 Å². The standard InChI is InChI=1S/C29H38F3N7O3/c1-28(2,3)42-27(41)34-19-11-7-5-4-6-10-18-33-25(40)20-39-37-26(36-38-39)23-12-8-9-13-24(23)35-22-16-14-21(15-17-22)29(30,31)32/h8-9,12-17,35H,4-7,10-11,18-20H2,1-3H3,(H,33,40)(H,34,41). The number of anilines is 2. The molecule has 1 heterocycles. The van der Waals surface area contributed by atoms with Crippen molar-refractivity contribution < 1.29 is 27.5 Å². The first-order valence-corrected chi connectivity index (χ1v) is 14.0. The van der Waals surface area contributed by atoms with Gasteiger partial charge in [-0.15, -0.1) is 10.2 Å². The monoisotopic (exact) mass is 589 g/mol. The Kier molecular flexibility index (Phi) is 11.7. The van der Waals surface area contributed by atoms with Crippen molar-refractivity contribution in [1.82, 2.24) is 30.8 Å². The number of halogens is 3. The largest absolute Gasteiger partial charge is 0.444 e. The number of nitrogens with zero attached hydrogens (tertiary/aromatic N) is 4. The van der Waals surface area contributed by atoms with E-state index in [2.05, 4.69) is 31.4 Å². The number of carbonyl (C=O) groups excluding carboxylic acids is 2. The van der Waals surface area contributed by atoms with Crippen molar-refractivity contribution in [3.63, 3.8) is 0 Å². The maximum absolute atomic E-state index is 12.9. The van der Waals surface area contributed by atoms with Crippen LogP contribution in [0, 0.1) is 0 Å². The fraction of sp³-hybridized carbons (Fsp3) is 0.483. The summed E-state index contributed by atoms with van der Waals surface area (Å²) in [6.45, 7) is 6.52. The fourth-order valence-electron chi connectivity index (χ4n) is 3.98. The Morgan fingerprint density at radius 2 is 1.48 bits per heavy atom. The molecule has 0 fully saturated rings. The third kappa shape index (κ3) is 11.4. The zero-order chi connectivity index (χ0) is 30.6. The molecule has 0 saturated heterocycles. The van der Waals surface area contributed by atoms with E-state index in [1.54, 1.807) is 24.3 Å². The topological polar surface area (TPSA) is 123 Å². The zero-order valence-corrected chi connectivity index (χ0v) is 24.1. The van der Waals surface area contributed by atoms with Gasteiger partial charge in [0.15, 0.2) is 0 Å². The molecule has 0 spiro atoms. The van der Waals surface area contributed by atoms with Crippen LogP contribution in [0.5, 0.6) is 0 Å². The summed E-state index contributed by atoms with van der Waals surface area (Å²) in [5.74, 6) is 0.0439. The summed E-state index contributed by atoms with van der Waals surface area (Å²) in [6.07, 6.45) is 1.00. The van der Waals surface area contributed by atoms with E-state index in [-0.39, 0.29) is 18.3 Å². The van der Waals surface area contributed by atoms with Crippen LogP contribution in [0.15, 0.2) is 48.5 Å². The van der Waals surface area contributed by atoms with Crippen LogP contribution in [0.2, 0.25) is 0 Å². The van der Waals surface area contributed by atoms with Crippen LogP contribution in [0.4, 0.5) is 29.3 Å². The molecule has 42 heavy (non-hydrogen) atoms. The molecule has 0 aliphatic heterocycles. The lowest BCUT2D eigenvalue weighted by Gasteiger charge is -2.19. The molecule has 3 N–H and O–H groups in total. The summed E-state index contributed by atoms with van der Waals surface area (Å²) >= 11 is 0. The highest BCUT2D eigenvalue weighted by Gasteiger charge is 2.30. The third-order valence-electron chi connectivity index (χ3n) is 5.99. The van der Waals surface area contributed by atoms with Gasteiger partial charge in [0.05, 0.1) is 5.56 Å². The molecule has 228 valence electrons. The zero-order valence-electron chi connectivity index (χ0n) is 24.1. The van der Waals surface area contributed by atoms with E-state index in [4.69, 9.17) is 4.74 Å². The molecule has 0 radical (unpaired) electrons. The number of carbonyl (C=O) groups is 2. The number of ether oxygens (including phenoxy) is 1. The lowest BCUT2D eigenvalue weighted by atomic mass is 10.1. The smallest absolute Gasteiger partial charge is 0.416 e. The van der Waals surface area contributed by atoms with Gasteiger partial charge in [-0.05, 0) is 75.2 Å². The molecule has 0 aliphatic carbocycles. The number of aromatic nitrogens is 4. The average Bonchev–Trinajstić information content (AvgIpc) is 3.37. The van der Waals surface area contributed by atoms with Crippen LogP contribution in [0.25, 0.3) is 11.4 Å². The minimum atomic E-state index is -4.41. The second-order valence-corrected chi connectivity index (χ2v) is 10.8. The lowest BCUT2D eigenvalue weighted by molar-refractivity contribution is -0.137. The van der Waals surface area contributed by atoms with Crippen LogP contribution >= 0.6 is 0 Å². The Balaban J connectivity index is 1.35. The van der Waals surface area contributed by atoms with Crippen molar-refractivity contribution >= 4 is 23.4 Å². The predicted molar refractivity (Wildman–Crippen MR) is 153 cm³/mol. The van der Waals surface area contributed by atoms with E-state index in [0.29, 0.717) is 30.0 Å². The van der Waals surface area contributed by atoms with Crippen molar-refractivity contribution in [2.24, 2.45) is 0 Å². The highest BCUT2D eigenvalue weighted by atomic mass is 19.4. The summed E-state index contributed by atoms with van der Waals surface area (Å²) in [4.78, 5) is 25.1.